The fourth-order valence-electron chi connectivity index (χ4n) is 4.19. The van der Waals surface area contributed by atoms with Gasteiger partial charge in [-0.05, 0) is 24.3 Å². The maximum absolute atomic E-state index is 14.6. The van der Waals surface area contributed by atoms with Crippen LogP contribution in [0.15, 0.2) is 55.0 Å². The predicted molar refractivity (Wildman–Crippen MR) is 128 cm³/mol. The van der Waals surface area contributed by atoms with E-state index in [-0.39, 0.29) is 18.2 Å². The maximum Gasteiger partial charge on any atom is 0.228 e. The number of hydrogen-bond donors (Lipinski definition) is 2. The molecule has 1 aromatic carbocycles. The number of methoxy groups -OCH3 is 1. The maximum atomic E-state index is 14.6. The molecule has 0 bridgehead atoms. The summed E-state index contributed by atoms with van der Waals surface area (Å²) < 4.78 is 22.0. The average Bonchev–Trinajstić information content (AvgIpc) is 3.30. The number of fused-ring (bicyclic) bond motifs is 1. The molecule has 0 saturated carbocycles. The van der Waals surface area contributed by atoms with Gasteiger partial charge in [-0.2, -0.15) is 0 Å². The van der Waals surface area contributed by atoms with Gasteiger partial charge < -0.3 is 20.1 Å². The molecule has 2 N–H and O–H groups in total. The van der Waals surface area contributed by atoms with E-state index in [1.165, 1.54) is 0 Å². The fourth-order valence-corrected chi connectivity index (χ4v) is 4.19. The molecular weight excluding hydrogens is 437 g/mol. The summed E-state index contributed by atoms with van der Waals surface area (Å²) in [5, 5.41) is 12.3. The molecule has 34 heavy (non-hydrogen) atoms. The summed E-state index contributed by atoms with van der Waals surface area (Å²) in [7, 11) is 1.61. The second-order valence-electron chi connectivity index (χ2n) is 8.02. The van der Waals surface area contributed by atoms with Crippen molar-refractivity contribution < 1.29 is 14.2 Å². The molecule has 9 nitrogen and oxygen atoms in total. The summed E-state index contributed by atoms with van der Waals surface area (Å²) in [5.41, 5.74) is 3.14. The number of benzene rings is 1. The van der Waals surface area contributed by atoms with Crippen molar-refractivity contribution in [3.05, 3.63) is 60.8 Å². The Labute approximate surface area is 196 Å². The number of β-amino-alcohol motifs (C(OH)–C–C–N with tert-alkyl or cyclic N) is 1. The predicted octanol–water partition coefficient (Wildman–Crippen LogP) is 2.80. The third kappa shape index (κ3) is 4.37. The Hall–Kier alpha value is -3.76. The SMILES string of the molecule is COc1cc(N2CCN(CCO)CC2)ccc1Nc1ncc(F)c(-c2cnc3ccccn23)n1. The summed E-state index contributed by atoms with van der Waals surface area (Å²) in [6, 6.07) is 11.5. The Bertz CT molecular complexity index is 1290. The van der Waals surface area contributed by atoms with Gasteiger partial charge in [0.05, 0.1) is 37.5 Å². The highest BCUT2D eigenvalue weighted by Gasteiger charge is 2.19. The molecule has 1 fully saturated rings. The summed E-state index contributed by atoms with van der Waals surface area (Å²) >= 11 is 0. The van der Waals surface area contributed by atoms with Crippen molar-refractivity contribution in [2.45, 2.75) is 0 Å². The minimum absolute atomic E-state index is 0.160. The van der Waals surface area contributed by atoms with Gasteiger partial charge in [0.1, 0.15) is 17.1 Å². The number of aliphatic hydroxyl groups is 1. The fraction of sp³-hybridized carbons (Fsp3) is 0.292. The lowest BCUT2D eigenvalue weighted by molar-refractivity contribution is 0.189. The van der Waals surface area contributed by atoms with Crippen molar-refractivity contribution in [3.8, 4) is 17.1 Å². The molecule has 4 aromatic rings. The molecule has 0 spiro atoms. The molecule has 0 aliphatic carbocycles. The van der Waals surface area contributed by atoms with Crippen molar-refractivity contribution in [1.29, 1.82) is 0 Å². The number of pyridine rings is 1. The summed E-state index contributed by atoms with van der Waals surface area (Å²) in [6.07, 6.45) is 4.57. The third-order valence-corrected chi connectivity index (χ3v) is 5.99. The van der Waals surface area contributed by atoms with E-state index in [0.717, 1.165) is 38.1 Å². The van der Waals surface area contributed by atoms with Crippen LogP contribution in [-0.2, 0) is 0 Å². The number of halogens is 1. The van der Waals surface area contributed by atoms with Gasteiger partial charge in [0.2, 0.25) is 5.95 Å². The highest BCUT2D eigenvalue weighted by molar-refractivity contribution is 5.69. The number of aromatic nitrogens is 4. The van der Waals surface area contributed by atoms with E-state index in [1.807, 2.05) is 42.6 Å². The van der Waals surface area contributed by atoms with Gasteiger partial charge in [0, 0.05) is 50.7 Å². The van der Waals surface area contributed by atoms with Gasteiger partial charge in [0.25, 0.3) is 0 Å². The lowest BCUT2D eigenvalue weighted by Crippen LogP contribution is -2.47. The highest BCUT2D eigenvalue weighted by atomic mass is 19.1. The van der Waals surface area contributed by atoms with Crippen LogP contribution in [0.1, 0.15) is 0 Å². The largest absolute Gasteiger partial charge is 0.494 e. The third-order valence-electron chi connectivity index (χ3n) is 5.99. The standard InChI is InChI=1S/C24H26FN7O2/c1-34-21-14-17(31-10-8-30(9-11-31)12-13-33)5-6-19(21)28-24-27-15-18(25)23(29-24)20-16-26-22-4-2-3-7-32(20)22/h2-7,14-16,33H,8-13H2,1H3,(H,27,28,29). The van der Waals surface area contributed by atoms with Crippen LogP contribution in [0.2, 0.25) is 0 Å². The van der Waals surface area contributed by atoms with Gasteiger partial charge in [-0.1, -0.05) is 6.07 Å². The van der Waals surface area contributed by atoms with E-state index < -0.39 is 5.82 Å². The lowest BCUT2D eigenvalue weighted by atomic mass is 10.2. The Kier molecular flexibility index (Phi) is 6.24. The van der Waals surface area contributed by atoms with E-state index in [9.17, 15) is 4.39 Å². The zero-order valence-corrected chi connectivity index (χ0v) is 18.9. The molecule has 0 radical (unpaired) electrons. The highest BCUT2D eigenvalue weighted by Crippen LogP contribution is 2.32. The van der Waals surface area contributed by atoms with Crippen LogP contribution in [0, 0.1) is 5.82 Å². The zero-order chi connectivity index (χ0) is 23.5. The van der Waals surface area contributed by atoms with Gasteiger partial charge in [-0.25, -0.2) is 19.3 Å². The molecule has 0 unspecified atom stereocenters. The van der Waals surface area contributed by atoms with Gasteiger partial charge >= 0.3 is 0 Å². The smallest absolute Gasteiger partial charge is 0.228 e. The molecule has 5 rings (SSSR count). The number of anilines is 3. The van der Waals surface area contributed by atoms with Crippen LogP contribution >= 0.6 is 0 Å². The molecule has 0 atom stereocenters. The van der Waals surface area contributed by atoms with Crippen molar-refractivity contribution >= 4 is 23.0 Å². The second kappa shape index (κ2) is 9.62. The van der Waals surface area contributed by atoms with Crippen LogP contribution in [0.5, 0.6) is 5.75 Å². The molecule has 176 valence electrons. The average molecular weight is 464 g/mol. The molecule has 0 amide bonds. The lowest BCUT2D eigenvalue weighted by Gasteiger charge is -2.36. The quantitative estimate of drug-likeness (QED) is 0.433. The number of nitrogens with zero attached hydrogens (tertiary/aromatic N) is 6. The van der Waals surface area contributed by atoms with E-state index in [2.05, 4.69) is 30.1 Å². The van der Waals surface area contributed by atoms with E-state index in [4.69, 9.17) is 9.84 Å². The van der Waals surface area contributed by atoms with Crippen LogP contribution in [-0.4, -0.2) is 75.8 Å². The van der Waals surface area contributed by atoms with Crippen molar-refractivity contribution in [3.63, 3.8) is 0 Å². The topological polar surface area (TPSA) is 91.0 Å². The first kappa shape index (κ1) is 22.1. The number of ether oxygens (including phenoxy) is 1. The minimum Gasteiger partial charge on any atom is -0.494 e. The van der Waals surface area contributed by atoms with Crippen LogP contribution < -0.4 is 15.0 Å². The summed E-state index contributed by atoms with van der Waals surface area (Å²) in [5.74, 6) is 0.365. The van der Waals surface area contributed by atoms with Gasteiger partial charge in [0.15, 0.2) is 5.82 Å². The Morgan fingerprint density at radius 3 is 2.74 bits per heavy atom. The van der Waals surface area contributed by atoms with Crippen molar-refractivity contribution in [1.82, 2.24) is 24.3 Å². The minimum atomic E-state index is -0.529. The van der Waals surface area contributed by atoms with Crippen LogP contribution in [0.25, 0.3) is 17.0 Å². The second-order valence-corrected chi connectivity index (χ2v) is 8.02. The molecule has 10 heteroatoms. The van der Waals surface area contributed by atoms with E-state index >= 15 is 0 Å². The van der Waals surface area contributed by atoms with Crippen LogP contribution in [0.3, 0.4) is 0 Å². The van der Waals surface area contributed by atoms with Crippen molar-refractivity contribution in [2.24, 2.45) is 0 Å². The van der Waals surface area contributed by atoms with Gasteiger partial charge in [-0.3, -0.25) is 9.30 Å². The molecule has 1 saturated heterocycles. The first-order valence-corrected chi connectivity index (χ1v) is 11.1. The van der Waals surface area contributed by atoms with Crippen LogP contribution in [0.4, 0.5) is 21.7 Å². The molecule has 3 aromatic heterocycles. The number of aliphatic hydroxyl groups excluding tert-OH is 1. The van der Waals surface area contributed by atoms with E-state index in [1.54, 1.807) is 17.7 Å². The normalized spacial score (nSPS) is 14.5. The molecule has 1 aliphatic rings. The van der Waals surface area contributed by atoms with Crippen molar-refractivity contribution in [2.75, 3.05) is 56.7 Å². The summed E-state index contributed by atoms with van der Waals surface area (Å²) in [6.45, 7) is 4.43. The molecular formula is C24H26FN7O2. The zero-order valence-electron chi connectivity index (χ0n) is 18.9. The Morgan fingerprint density at radius 2 is 1.94 bits per heavy atom. The summed E-state index contributed by atoms with van der Waals surface area (Å²) in [4.78, 5) is 17.4. The van der Waals surface area contributed by atoms with E-state index in [0.29, 0.717) is 29.3 Å². The Balaban J connectivity index is 1.38. The number of rotatable bonds is 7. The number of imidazole rings is 1. The number of nitrogens with one attached hydrogen (secondary N) is 1. The molecule has 4 heterocycles. The monoisotopic (exact) mass is 463 g/mol. The first-order valence-electron chi connectivity index (χ1n) is 11.1. The first-order chi connectivity index (χ1) is 16.7. The Morgan fingerprint density at radius 1 is 1.09 bits per heavy atom. The number of hydrogen-bond acceptors (Lipinski definition) is 8. The number of piperazine rings is 1. The van der Waals surface area contributed by atoms with Gasteiger partial charge in [-0.15, -0.1) is 0 Å². The molecule has 1 aliphatic heterocycles.